The van der Waals surface area contributed by atoms with E-state index < -0.39 is 0 Å². The number of hydrogen-bond donors (Lipinski definition) is 2. The predicted octanol–water partition coefficient (Wildman–Crippen LogP) is 6.10. The van der Waals surface area contributed by atoms with Crippen molar-refractivity contribution in [1.82, 2.24) is 5.32 Å². The average Bonchev–Trinajstić information content (AvgIpc) is 2.99. The number of aliphatic hydroxyl groups is 1. The van der Waals surface area contributed by atoms with Crippen LogP contribution in [0.15, 0.2) is 66.7 Å². The molecule has 2 unspecified atom stereocenters. The van der Waals surface area contributed by atoms with Gasteiger partial charge in [-0.1, -0.05) is 79.6 Å². The van der Waals surface area contributed by atoms with Gasteiger partial charge in [-0.05, 0) is 59.6 Å². The second-order valence-corrected chi connectivity index (χ2v) is 8.27. The number of hydrogen-bond acceptors (Lipinski definition) is 2. The van der Waals surface area contributed by atoms with Crippen LogP contribution in [0.3, 0.4) is 0 Å². The van der Waals surface area contributed by atoms with Gasteiger partial charge in [0.1, 0.15) is 0 Å². The van der Waals surface area contributed by atoms with Gasteiger partial charge < -0.3 is 10.4 Å². The molecule has 1 fully saturated rings. The summed E-state index contributed by atoms with van der Waals surface area (Å²) >= 11 is 0. The minimum Gasteiger partial charge on any atom is -0.392 e. The molecule has 0 aliphatic heterocycles. The fourth-order valence-corrected chi connectivity index (χ4v) is 4.78. The lowest BCUT2D eigenvalue weighted by atomic mass is 9.89. The molecule has 146 valence electrons. The number of rotatable bonds is 5. The van der Waals surface area contributed by atoms with Crippen LogP contribution in [0.4, 0.5) is 0 Å². The van der Waals surface area contributed by atoms with Crippen LogP contribution in [0.1, 0.15) is 67.7 Å². The fraction of sp³-hybridized carbons (Fsp3) is 0.385. The molecule has 1 aliphatic carbocycles. The highest BCUT2D eigenvalue weighted by Crippen LogP contribution is 2.33. The van der Waals surface area contributed by atoms with E-state index in [0.29, 0.717) is 18.0 Å². The number of fused-ring (bicyclic) bond motifs is 1. The summed E-state index contributed by atoms with van der Waals surface area (Å²) in [7, 11) is 0. The molecule has 2 nitrogen and oxygen atoms in total. The van der Waals surface area contributed by atoms with Gasteiger partial charge in [0, 0.05) is 12.1 Å². The Labute approximate surface area is 168 Å². The van der Waals surface area contributed by atoms with E-state index >= 15 is 0 Å². The zero-order valence-electron chi connectivity index (χ0n) is 16.8. The lowest BCUT2D eigenvalue weighted by Crippen LogP contribution is -2.32. The van der Waals surface area contributed by atoms with Gasteiger partial charge in [-0.3, -0.25) is 0 Å². The third-order valence-electron chi connectivity index (χ3n) is 6.33. The Bertz CT molecular complexity index is 896. The number of benzene rings is 3. The van der Waals surface area contributed by atoms with Gasteiger partial charge in [-0.25, -0.2) is 0 Å². The van der Waals surface area contributed by atoms with Crippen molar-refractivity contribution in [3.8, 4) is 0 Å². The van der Waals surface area contributed by atoms with Crippen molar-refractivity contribution in [2.45, 2.75) is 63.6 Å². The van der Waals surface area contributed by atoms with E-state index in [1.54, 1.807) is 0 Å². The first-order chi connectivity index (χ1) is 13.7. The van der Waals surface area contributed by atoms with Crippen LogP contribution < -0.4 is 5.32 Å². The molecule has 28 heavy (non-hydrogen) atoms. The summed E-state index contributed by atoms with van der Waals surface area (Å²) in [6.45, 7) is 2.43. The summed E-state index contributed by atoms with van der Waals surface area (Å²) in [6.07, 6.45) is 6.30. The van der Waals surface area contributed by atoms with E-state index in [-0.39, 0.29) is 6.61 Å². The summed E-state index contributed by atoms with van der Waals surface area (Å²) < 4.78 is 0. The highest BCUT2D eigenvalue weighted by atomic mass is 16.3. The van der Waals surface area contributed by atoms with Crippen molar-refractivity contribution in [3.05, 3.63) is 83.4 Å². The number of aliphatic hydroxyl groups excluding tert-OH is 1. The molecule has 0 saturated heterocycles. The van der Waals surface area contributed by atoms with E-state index in [2.05, 4.69) is 79.0 Å². The molecule has 2 N–H and O–H groups in total. The third-order valence-corrected chi connectivity index (χ3v) is 6.33. The Morgan fingerprint density at radius 3 is 2.50 bits per heavy atom. The highest BCUT2D eigenvalue weighted by molar-refractivity contribution is 5.86. The van der Waals surface area contributed by atoms with E-state index in [9.17, 15) is 5.11 Å². The minimum absolute atomic E-state index is 0.123. The van der Waals surface area contributed by atoms with Gasteiger partial charge in [0.2, 0.25) is 0 Å². The SMILES string of the molecule is C[C@@H](NC1CCCCC(c2ccc(CO)cc2)C1)c1cccc2ccccc12. The van der Waals surface area contributed by atoms with E-state index in [1.165, 1.54) is 54.0 Å². The monoisotopic (exact) mass is 373 g/mol. The Kier molecular flexibility index (Phi) is 6.09. The molecule has 3 aromatic rings. The third kappa shape index (κ3) is 4.29. The van der Waals surface area contributed by atoms with Crippen molar-refractivity contribution >= 4 is 10.8 Å². The first-order valence-electron chi connectivity index (χ1n) is 10.7. The molecule has 0 radical (unpaired) electrons. The quantitative estimate of drug-likeness (QED) is 0.530. The molecule has 0 aromatic heterocycles. The van der Waals surface area contributed by atoms with Crippen LogP contribution in [-0.2, 0) is 6.61 Å². The van der Waals surface area contributed by atoms with Gasteiger partial charge in [0.15, 0.2) is 0 Å². The first-order valence-corrected chi connectivity index (χ1v) is 10.7. The maximum Gasteiger partial charge on any atom is 0.0681 e. The highest BCUT2D eigenvalue weighted by Gasteiger charge is 2.23. The molecule has 2 heteroatoms. The summed E-state index contributed by atoms with van der Waals surface area (Å²) in [6, 6.07) is 24.8. The van der Waals surface area contributed by atoms with E-state index in [4.69, 9.17) is 0 Å². The van der Waals surface area contributed by atoms with Crippen LogP contribution in [0.5, 0.6) is 0 Å². The van der Waals surface area contributed by atoms with Gasteiger partial charge in [-0.15, -0.1) is 0 Å². The molecular weight excluding hydrogens is 342 g/mol. The molecule has 1 saturated carbocycles. The summed E-state index contributed by atoms with van der Waals surface area (Å²) in [4.78, 5) is 0. The van der Waals surface area contributed by atoms with E-state index in [0.717, 1.165) is 5.56 Å². The minimum atomic E-state index is 0.123. The first kappa shape index (κ1) is 19.2. The molecule has 0 amide bonds. The molecule has 1 aliphatic rings. The molecule has 0 bridgehead atoms. The molecule has 0 spiro atoms. The van der Waals surface area contributed by atoms with Crippen molar-refractivity contribution in [1.29, 1.82) is 0 Å². The Morgan fingerprint density at radius 2 is 1.68 bits per heavy atom. The van der Waals surface area contributed by atoms with E-state index in [1.807, 2.05) is 0 Å². The lowest BCUT2D eigenvalue weighted by Gasteiger charge is -2.26. The Hall–Kier alpha value is -2.16. The molecule has 3 aromatic carbocycles. The molecule has 4 rings (SSSR count). The van der Waals surface area contributed by atoms with Crippen LogP contribution >= 0.6 is 0 Å². The standard InChI is InChI=1S/C26H31NO/c1-19(25-12-6-9-22-7-3-5-11-26(22)25)27-24-10-4-2-8-23(17-24)21-15-13-20(18-28)14-16-21/h3,5-7,9,11-16,19,23-24,27-28H,2,4,8,10,17-18H2,1H3/t19-,23?,24?/m1/s1. The zero-order chi connectivity index (χ0) is 19.3. The molecule has 0 heterocycles. The normalized spacial score (nSPS) is 21.4. The van der Waals surface area contributed by atoms with Crippen LogP contribution in [0.2, 0.25) is 0 Å². The van der Waals surface area contributed by atoms with Crippen molar-refractivity contribution in [3.63, 3.8) is 0 Å². The maximum atomic E-state index is 9.30. The zero-order valence-corrected chi connectivity index (χ0v) is 16.8. The lowest BCUT2D eigenvalue weighted by molar-refractivity contribution is 0.282. The van der Waals surface area contributed by atoms with Gasteiger partial charge in [-0.2, -0.15) is 0 Å². The van der Waals surface area contributed by atoms with Gasteiger partial charge >= 0.3 is 0 Å². The Balaban J connectivity index is 1.49. The fourth-order valence-electron chi connectivity index (χ4n) is 4.78. The smallest absolute Gasteiger partial charge is 0.0681 e. The second-order valence-electron chi connectivity index (χ2n) is 8.27. The second kappa shape index (κ2) is 8.89. The molecular formula is C26H31NO. The Morgan fingerprint density at radius 1 is 0.929 bits per heavy atom. The van der Waals surface area contributed by atoms with Crippen LogP contribution in [-0.4, -0.2) is 11.1 Å². The number of nitrogens with one attached hydrogen (secondary N) is 1. The molecule has 3 atom stereocenters. The summed E-state index contributed by atoms with van der Waals surface area (Å²) in [5.41, 5.74) is 3.81. The van der Waals surface area contributed by atoms with Gasteiger partial charge in [0.25, 0.3) is 0 Å². The van der Waals surface area contributed by atoms with Crippen molar-refractivity contribution < 1.29 is 5.11 Å². The maximum absolute atomic E-state index is 9.30. The topological polar surface area (TPSA) is 32.3 Å². The summed E-state index contributed by atoms with van der Waals surface area (Å²) in [5.74, 6) is 0.604. The predicted molar refractivity (Wildman–Crippen MR) is 117 cm³/mol. The average molecular weight is 374 g/mol. The van der Waals surface area contributed by atoms with Crippen LogP contribution in [0, 0.1) is 0 Å². The summed E-state index contributed by atoms with van der Waals surface area (Å²) in [5, 5.41) is 15.9. The van der Waals surface area contributed by atoms with Crippen molar-refractivity contribution in [2.75, 3.05) is 0 Å². The van der Waals surface area contributed by atoms with Gasteiger partial charge in [0.05, 0.1) is 6.61 Å². The van der Waals surface area contributed by atoms with Crippen LogP contribution in [0.25, 0.3) is 10.8 Å². The largest absolute Gasteiger partial charge is 0.392 e. The van der Waals surface area contributed by atoms with Crippen molar-refractivity contribution in [2.24, 2.45) is 0 Å².